The molecule has 6 nitrogen and oxygen atoms in total. The van der Waals surface area contributed by atoms with Crippen molar-refractivity contribution in [2.45, 2.75) is 0 Å². The molecule has 1 heterocycles. The molecule has 8 heteroatoms. The van der Waals surface area contributed by atoms with Gasteiger partial charge in [-0.25, -0.2) is 9.78 Å². The topological polar surface area (TPSA) is 77.5 Å². The van der Waals surface area contributed by atoms with E-state index in [2.05, 4.69) is 10.3 Å². The minimum atomic E-state index is -0.672. The number of carbonyl (C=O) groups excluding carboxylic acids is 2. The van der Waals surface area contributed by atoms with Crippen LogP contribution < -0.4 is 10.1 Å². The van der Waals surface area contributed by atoms with Gasteiger partial charge in [-0.3, -0.25) is 4.79 Å². The Morgan fingerprint density at radius 3 is 2.78 bits per heavy atom. The molecule has 0 aliphatic heterocycles. The molecule has 138 valence electrons. The average Bonchev–Trinajstić information content (AvgIpc) is 3.17. The standard InChI is InChI=1S/C19H15ClN2O4S/c1-25-16-8-3-2-7-14(16)21-17(23)10-26-19(24)15-11-27-18(22-15)12-5-4-6-13(20)9-12/h2-9,11H,10H2,1H3,(H,21,23). The number of nitrogens with one attached hydrogen (secondary N) is 1. The van der Waals surface area contributed by atoms with Gasteiger partial charge in [-0.05, 0) is 24.3 Å². The smallest absolute Gasteiger partial charge is 0.358 e. The van der Waals surface area contributed by atoms with E-state index < -0.39 is 18.5 Å². The Morgan fingerprint density at radius 2 is 2.00 bits per heavy atom. The number of carbonyl (C=O) groups is 2. The Balaban J connectivity index is 1.59. The number of hydrogen-bond donors (Lipinski definition) is 1. The van der Waals surface area contributed by atoms with E-state index >= 15 is 0 Å². The van der Waals surface area contributed by atoms with Crippen molar-refractivity contribution in [1.29, 1.82) is 0 Å². The summed E-state index contributed by atoms with van der Waals surface area (Å²) in [5, 5.41) is 5.44. The third-order valence-electron chi connectivity index (χ3n) is 3.50. The van der Waals surface area contributed by atoms with Crippen molar-refractivity contribution in [1.82, 2.24) is 4.98 Å². The van der Waals surface area contributed by atoms with Crippen LogP contribution in [0, 0.1) is 0 Å². The summed E-state index contributed by atoms with van der Waals surface area (Å²) in [5.41, 5.74) is 1.44. The zero-order chi connectivity index (χ0) is 19.2. The van der Waals surface area contributed by atoms with Gasteiger partial charge < -0.3 is 14.8 Å². The van der Waals surface area contributed by atoms with Gasteiger partial charge in [-0.2, -0.15) is 0 Å². The maximum Gasteiger partial charge on any atom is 0.358 e. The van der Waals surface area contributed by atoms with Gasteiger partial charge in [0.25, 0.3) is 5.91 Å². The van der Waals surface area contributed by atoms with Crippen LogP contribution in [-0.4, -0.2) is 30.6 Å². The van der Waals surface area contributed by atoms with Crippen LogP contribution >= 0.6 is 22.9 Å². The first kappa shape index (κ1) is 18.9. The Morgan fingerprint density at radius 1 is 1.19 bits per heavy atom. The number of benzene rings is 2. The molecule has 2 aromatic carbocycles. The van der Waals surface area contributed by atoms with Crippen molar-refractivity contribution >= 4 is 40.5 Å². The first-order valence-electron chi connectivity index (χ1n) is 7.88. The summed E-state index contributed by atoms with van der Waals surface area (Å²) in [4.78, 5) is 28.4. The van der Waals surface area contributed by atoms with Crippen LogP contribution in [0.5, 0.6) is 5.75 Å². The summed E-state index contributed by atoms with van der Waals surface area (Å²) >= 11 is 7.26. The fourth-order valence-corrected chi connectivity index (χ4v) is 3.24. The Labute approximate surface area is 164 Å². The van der Waals surface area contributed by atoms with Crippen molar-refractivity contribution < 1.29 is 19.1 Å². The molecule has 0 atom stereocenters. The lowest BCUT2D eigenvalue weighted by Crippen LogP contribution is -2.21. The number of hydrogen-bond acceptors (Lipinski definition) is 6. The highest BCUT2D eigenvalue weighted by Crippen LogP contribution is 2.26. The van der Waals surface area contributed by atoms with Gasteiger partial charge in [0.15, 0.2) is 12.3 Å². The summed E-state index contributed by atoms with van der Waals surface area (Å²) in [6.07, 6.45) is 0. The Hall–Kier alpha value is -2.90. The number of esters is 1. The third-order valence-corrected chi connectivity index (χ3v) is 4.63. The number of aromatic nitrogens is 1. The lowest BCUT2D eigenvalue weighted by molar-refractivity contribution is -0.119. The number of halogens is 1. The summed E-state index contributed by atoms with van der Waals surface area (Å²) in [6, 6.07) is 14.1. The second-order valence-electron chi connectivity index (χ2n) is 5.37. The fourth-order valence-electron chi connectivity index (χ4n) is 2.26. The number of anilines is 1. The molecule has 1 aromatic heterocycles. The zero-order valence-electron chi connectivity index (χ0n) is 14.3. The molecule has 3 rings (SSSR count). The third kappa shape index (κ3) is 4.84. The molecule has 0 saturated heterocycles. The number of thiazole rings is 1. The van der Waals surface area contributed by atoms with Gasteiger partial charge in [0, 0.05) is 16.0 Å². The molecule has 0 radical (unpaired) electrons. The maximum atomic E-state index is 12.1. The van der Waals surface area contributed by atoms with E-state index in [-0.39, 0.29) is 5.69 Å². The number of nitrogens with zero attached hydrogens (tertiary/aromatic N) is 1. The highest BCUT2D eigenvalue weighted by atomic mass is 35.5. The Kier molecular flexibility index (Phi) is 6.05. The van der Waals surface area contributed by atoms with E-state index in [1.807, 2.05) is 6.07 Å². The van der Waals surface area contributed by atoms with Crippen LogP contribution in [0.1, 0.15) is 10.5 Å². The molecule has 0 saturated carbocycles. The second-order valence-corrected chi connectivity index (χ2v) is 6.67. The molecule has 0 unspecified atom stereocenters. The highest BCUT2D eigenvalue weighted by Gasteiger charge is 2.16. The normalized spacial score (nSPS) is 10.3. The quantitative estimate of drug-likeness (QED) is 0.623. The van der Waals surface area contributed by atoms with Crippen molar-refractivity contribution in [3.05, 3.63) is 64.6 Å². The van der Waals surface area contributed by atoms with Gasteiger partial charge in [0.1, 0.15) is 10.8 Å². The zero-order valence-corrected chi connectivity index (χ0v) is 15.8. The molecule has 3 aromatic rings. The number of ether oxygens (including phenoxy) is 2. The van der Waals surface area contributed by atoms with Gasteiger partial charge in [-0.15, -0.1) is 11.3 Å². The van der Waals surface area contributed by atoms with Crippen LogP contribution in [0.25, 0.3) is 10.6 Å². The Bertz CT molecular complexity index is 974. The lowest BCUT2D eigenvalue weighted by atomic mass is 10.2. The molecule has 1 amide bonds. The minimum absolute atomic E-state index is 0.139. The van der Waals surface area contributed by atoms with E-state index in [0.29, 0.717) is 21.5 Å². The second kappa shape index (κ2) is 8.66. The van der Waals surface area contributed by atoms with Crippen molar-refractivity contribution in [2.24, 2.45) is 0 Å². The highest BCUT2D eigenvalue weighted by molar-refractivity contribution is 7.13. The van der Waals surface area contributed by atoms with Crippen LogP contribution in [0.15, 0.2) is 53.9 Å². The summed E-state index contributed by atoms with van der Waals surface area (Å²) in [7, 11) is 1.50. The molecule has 0 spiro atoms. The molecule has 0 fully saturated rings. The molecule has 0 aliphatic rings. The van der Waals surface area contributed by atoms with Crippen molar-refractivity contribution in [3.8, 4) is 16.3 Å². The molecule has 27 heavy (non-hydrogen) atoms. The first-order valence-corrected chi connectivity index (χ1v) is 9.14. The van der Waals surface area contributed by atoms with Crippen molar-refractivity contribution in [2.75, 3.05) is 19.0 Å². The maximum absolute atomic E-state index is 12.1. The van der Waals surface area contributed by atoms with Gasteiger partial charge in [0.2, 0.25) is 0 Å². The number of rotatable bonds is 6. The van der Waals surface area contributed by atoms with E-state index in [1.54, 1.807) is 47.8 Å². The fraction of sp³-hybridized carbons (Fsp3) is 0.105. The van der Waals surface area contributed by atoms with E-state index in [9.17, 15) is 9.59 Å². The van der Waals surface area contributed by atoms with Crippen LogP contribution in [0.2, 0.25) is 5.02 Å². The van der Waals surface area contributed by atoms with Crippen molar-refractivity contribution in [3.63, 3.8) is 0 Å². The lowest BCUT2D eigenvalue weighted by Gasteiger charge is -2.09. The van der Waals surface area contributed by atoms with Crippen LogP contribution in [-0.2, 0) is 9.53 Å². The predicted molar refractivity (Wildman–Crippen MR) is 104 cm³/mol. The van der Waals surface area contributed by atoms with Gasteiger partial charge in [-0.1, -0.05) is 35.9 Å². The van der Waals surface area contributed by atoms with Gasteiger partial charge >= 0.3 is 5.97 Å². The van der Waals surface area contributed by atoms with E-state index in [0.717, 1.165) is 5.56 Å². The SMILES string of the molecule is COc1ccccc1NC(=O)COC(=O)c1csc(-c2cccc(Cl)c2)n1. The number of amides is 1. The van der Waals surface area contributed by atoms with E-state index in [4.69, 9.17) is 21.1 Å². The number of methoxy groups -OCH3 is 1. The minimum Gasteiger partial charge on any atom is -0.495 e. The summed E-state index contributed by atoms with van der Waals surface area (Å²) < 4.78 is 10.2. The molecular weight excluding hydrogens is 388 g/mol. The summed E-state index contributed by atoms with van der Waals surface area (Å²) in [6.45, 7) is -0.430. The molecular formula is C19H15ClN2O4S. The predicted octanol–water partition coefficient (Wildman–Crippen LogP) is 4.27. The van der Waals surface area contributed by atoms with Crippen LogP contribution in [0.4, 0.5) is 5.69 Å². The number of para-hydroxylation sites is 2. The van der Waals surface area contributed by atoms with Crippen LogP contribution in [0.3, 0.4) is 0 Å². The molecule has 0 aliphatic carbocycles. The summed E-state index contributed by atoms with van der Waals surface area (Å²) in [5.74, 6) is -0.629. The van der Waals surface area contributed by atoms with E-state index in [1.165, 1.54) is 18.4 Å². The largest absolute Gasteiger partial charge is 0.495 e. The first-order chi connectivity index (χ1) is 13.1. The monoisotopic (exact) mass is 402 g/mol. The van der Waals surface area contributed by atoms with Gasteiger partial charge in [0.05, 0.1) is 12.8 Å². The average molecular weight is 403 g/mol. The molecule has 1 N–H and O–H groups in total. The molecule has 0 bridgehead atoms.